The number of hydrogen-bond donors (Lipinski definition) is 1. The van der Waals surface area contributed by atoms with Crippen molar-refractivity contribution in [1.82, 2.24) is 0 Å². The van der Waals surface area contributed by atoms with Crippen molar-refractivity contribution >= 4 is 15.9 Å². The highest BCUT2D eigenvalue weighted by molar-refractivity contribution is 9.10. The summed E-state index contributed by atoms with van der Waals surface area (Å²) in [5.41, 5.74) is 1.50. The molecule has 0 saturated heterocycles. The average Bonchev–Trinajstić information content (AvgIpc) is 2.31. The van der Waals surface area contributed by atoms with E-state index in [4.69, 9.17) is 0 Å². The van der Waals surface area contributed by atoms with Gasteiger partial charge in [0.25, 0.3) is 0 Å². The van der Waals surface area contributed by atoms with Gasteiger partial charge in [-0.15, -0.1) is 0 Å². The maximum atomic E-state index is 13.6. The third-order valence-corrected chi connectivity index (χ3v) is 3.29. The van der Waals surface area contributed by atoms with Crippen LogP contribution in [0.4, 0.5) is 8.78 Å². The fraction of sp³-hybridized carbons (Fsp3) is 0.143. The zero-order valence-corrected chi connectivity index (χ0v) is 11.2. The Kier molecular flexibility index (Phi) is 3.78. The SMILES string of the molecule is Cc1ccc(Br)cc1C(O)c1ccc(F)cc1F. The van der Waals surface area contributed by atoms with Gasteiger partial charge in [0.15, 0.2) is 0 Å². The molecule has 0 amide bonds. The number of aliphatic hydroxyl groups excluding tert-OH is 1. The quantitative estimate of drug-likeness (QED) is 0.884. The molecule has 4 heteroatoms. The summed E-state index contributed by atoms with van der Waals surface area (Å²) in [6, 6.07) is 8.55. The topological polar surface area (TPSA) is 20.2 Å². The summed E-state index contributed by atoms with van der Waals surface area (Å²) in [5, 5.41) is 10.2. The minimum absolute atomic E-state index is 0.0672. The summed E-state index contributed by atoms with van der Waals surface area (Å²) in [5.74, 6) is -1.41. The lowest BCUT2D eigenvalue weighted by molar-refractivity contribution is 0.214. The van der Waals surface area contributed by atoms with Gasteiger partial charge < -0.3 is 5.11 Å². The van der Waals surface area contributed by atoms with Crippen LogP contribution in [0.3, 0.4) is 0 Å². The molecular formula is C14H11BrF2O. The number of hydrogen-bond acceptors (Lipinski definition) is 1. The molecule has 2 aromatic carbocycles. The lowest BCUT2D eigenvalue weighted by Crippen LogP contribution is -2.05. The third-order valence-electron chi connectivity index (χ3n) is 2.79. The Morgan fingerprint density at radius 2 is 1.78 bits per heavy atom. The van der Waals surface area contributed by atoms with Crippen molar-refractivity contribution in [2.45, 2.75) is 13.0 Å². The average molecular weight is 313 g/mol. The molecule has 0 aliphatic carbocycles. The van der Waals surface area contributed by atoms with Gasteiger partial charge in [-0.1, -0.05) is 28.1 Å². The molecule has 0 heterocycles. The number of rotatable bonds is 2. The molecule has 18 heavy (non-hydrogen) atoms. The van der Waals surface area contributed by atoms with Crippen LogP contribution in [-0.2, 0) is 0 Å². The molecule has 0 aliphatic rings. The van der Waals surface area contributed by atoms with E-state index >= 15 is 0 Å². The van der Waals surface area contributed by atoms with E-state index in [0.717, 1.165) is 22.2 Å². The first kappa shape index (κ1) is 13.2. The third kappa shape index (κ3) is 2.60. The predicted molar refractivity (Wildman–Crippen MR) is 69.3 cm³/mol. The van der Waals surface area contributed by atoms with E-state index < -0.39 is 17.7 Å². The number of aliphatic hydroxyl groups is 1. The lowest BCUT2D eigenvalue weighted by atomic mass is 9.97. The largest absolute Gasteiger partial charge is 0.384 e. The Hall–Kier alpha value is -1.26. The Morgan fingerprint density at radius 1 is 1.06 bits per heavy atom. The molecular weight excluding hydrogens is 302 g/mol. The molecule has 2 aromatic rings. The normalized spacial score (nSPS) is 12.5. The van der Waals surface area contributed by atoms with Gasteiger partial charge in [0.05, 0.1) is 0 Å². The molecule has 0 bridgehead atoms. The highest BCUT2D eigenvalue weighted by Crippen LogP contribution is 2.29. The summed E-state index contributed by atoms with van der Waals surface area (Å²) in [6.45, 7) is 1.83. The molecule has 0 aromatic heterocycles. The molecule has 0 fully saturated rings. The maximum Gasteiger partial charge on any atom is 0.132 e. The summed E-state index contributed by atoms with van der Waals surface area (Å²) < 4.78 is 27.2. The summed E-state index contributed by atoms with van der Waals surface area (Å²) in [6.07, 6.45) is -1.11. The monoisotopic (exact) mass is 312 g/mol. The molecule has 0 aliphatic heterocycles. The van der Waals surface area contributed by atoms with Crippen LogP contribution in [0.5, 0.6) is 0 Å². The Morgan fingerprint density at radius 3 is 2.44 bits per heavy atom. The van der Waals surface area contributed by atoms with Gasteiger partial charge >= 0.3 is 0 Å². The number of aryl methyl sites for hydroxylation is 1. The minimum atomic E-state index is -1.11. The van der Waals surface area contributed by atoms with E-state index in [1.165, 1.54) is 6.07 Å². The van der Waals surface area contributed by atoms with Crippen LogP contribution < -0.4 is 0 Å². The van der Waals surface area contributed by atoms with Crippen LogP contribution >= 0.6 is 15.9 Å². The molecule has 94 valence electrons. The van der Waals surface area contributed by atoms with Gasteiger partial charge in [-0.2, -0.15) is 0 Å². The highest BCUT2D eigenvalue weighted by Gasteiger charge is 2.17. The van der Waals surface area contributed by atoms with Gasteiger partial charge in [0, 0.05) is 16.1 Å². The van der Waals surface area contributed by atoms with E-state index in [9.17, 15) is 13.9 Å². The van der Waals surface area contributed by atoms with Crippen LogP contribution in [0.2, 0.25) is 0 Å². The van der Waals surface area contributed by atoms with Crippen molar-refractivity contribution in [3.63, 3.8) is 0 Å². The summed E-state index contributed by atoms with van der Waals surface area (Å²) in [4.78, 5) is 0. The molecule has 1 N–H and O–H groups in total. The Bertz CT molecular complexity index is 584. The van der Waals surface area contributed by atoms with E-state index in [0.29, 0.717) is 5.56 Å². The summed E-state index contributed by atoms with van der Waals surface area (Å²) in [7, 11) is 0. The zero-order chi connectivity index (χ0) is 13.3. The van der Waals surface area contributed by atoms with Crippen molar-refractivity contribution < 1.29 is 13.9 Å². The second-order valence-electron chi connectivity index (χ2n) is 4.07. The fourth-order valence-corrected chi connectivity index (χ4v) is 2.18. The Balaban J connectivity index is 2.47. The molecule has 0 radical (unpaired) electrons. The number of halogens is 3. The maximum absolute atomic E-state index is 13.6. The van der Waals surface area contributed by atoms with Gasteiger partial charge in [-0.3, -0.25) is 0 Å². The molecule has 1 atom stereocenters. The predicted octanol–water partition coefficient (Wildman–Crippen LogP) is 4.12. The van der Waals surface area contributed by atoms with Crippen LogP contribution in [0, 0.1) is 18.6 Å². The van der Waals surface area contributed by atoms with Crippen molar-refractivity contribution in [1.29, 1.82) is 0 Å². The smallest absolute Gasteiger partial charge is 0.132 e. The van der Waals surface area contributed by atoms with Crippen molar-refractivity contribution in [3.05, 3.63) is 69.2 Å². The standard InChI is InChI=1S/C14H11BrF2O/c1-8-2-3-9(15)6-12(8)14(18)11-5-4-10(16)7-13(11)17/h2-7,14,18H,1H3. The van der Waals surface area contributed by atoms with Crippen LogP contribution in [0.1, 0.15) is 22.8 Å². The van der Waals surface area contributed by atoms with Crippen LogP contribution in [-0.4, -0.2) is 5.11 Å². The molecule has 1 unspecified atom stereocenters. The van der Waals surface area contributed by atoms with Gasteiger partial charge in [0.2, 0.25) is 0 Å². The second kappa shape index (κ2) is 5.16. The first-order valence-corrected chi connectivity index (χ1v) is 6.17. The molecule has 0 saturated carbocycles. The van der Waals surface area contributed by atoms with Crippen molar-refractivity contribution in [2.75, 3.05) is 0 Å². The molecule has 0 spiro atoms. The van der Waals surface area contributed by atoms with Gasteiger partial charge in [-0.25, -0.2) is 8.78 Å². The van der Waals surface area contributed by atoms with Crippen molar-refractivity contribution in [2.24, 2.45) is 0 Å². The minimum Gasteiger partial charge on any atom is -0.384 e. The lowest BCUT2D eigenvalue weighted by Gasteiger charge is -2.15. The van der Waals surface area contributed by atoms with Gasteiger partial charge in [-0.05, 0) is 36.2 Å². The van der Waals surface area contributed by atoms with Crippen molar-refractivity contribution in [3.8, 4) is 0 Å². The van der Waals surface area contributed by atoms with E-state index in [1.807, 2.05) is 19.1 Å². The van der Waals surface area contributed by atoms with E-state index in [2.05, 4.69) is 15.9 Å². The first-order chi connectivity index (χ1) is 8.49. The summed E-state index contributed by atoms with van der Waals surface area (Å²) >= 11 is 3.30. The number of benzene rings is 2. The zero-order valence-electron chi connectivity index (χ0n) is 9.62. The molecule has 2 rings (SSSR count). The molecule has 1 nitrogen and oxygen atoms in total. The van der Waals surface area contributed by atoms with E-state index in [-0.39, 0.29) is 5.56 Å². The first-order valence-electron chi connectivity index (χ1n) is 5.38. The second-order valence-corrected chi connectivity index (χ2v) is 4.98. The van der Waals surface area contributed by atoms with E-state index in [1.54, 1.807) is 6.07 Å². The Labute approximate surface area is 112 Å². The van der Waals surface area contributed by atoms with Gasteiger partial charge in [0.1, 0.15) is 17.7 Å². The highest BCUT2D eigenvalue weighted by atomic mass is 79.9. The van der Waals surface area contributed by atoms with Crippen LogP contribution in [0.25, 0.3) is 0 Å². The fourth-order valence-electron chi connectivity index (χ4n) is 1.80. The van der Waals surface area contributed by atoms with Crippen LogP contribution in [0.15, 0.2) is 40.9 Å².